The molecule has 0 unspecified atom stereocenters. The average molecular weight is 541 g/mol. The molecular formula is C23H30ClIN4O. The lowest BCUT2D eigenvalue weighted by Gasteiger charge is -2.16. The van der Waals surface area contributed by atoms with Crippen molar-refractivity contribution in [1.82, 2.24) is 16.0 Å². The quantitative estimate of drug-likeness (QED) is 0.268. The standard InChI is InChI=1S/C23H29ClN4O.HI/c1-3-26-22(27-14-11-17-5-4-6-18(15-17)21(29)25-2)28-16-23(12-13-23)19-7-9-20(24)10-8-19;/h4-10,15H,3,11-14,16H2,1-2H3,(H,25,29)(H2,26,27,28);1H. The number of carbonyl (C=O) groups excluding carboxylic acids is 1. The number of hydrogen-bond donors (Lipinski definition) is 3. The number of amides is 1. The smallest absolute Gasteiger partial charge is 0.251 e. The second-order valence-electron chi connectivity index (χ2n) is 7.44. The highest BCUT2D eigenvalue weighted by molar-refractivity contribution is 14.0. The average Bonchev–Trinajstić information content (AvgIpc) is 3.53. The molecule has 2 aromatic carbocycles. The Kier molecular flexibility index (Phi) is 9.42. The summed E-state index contributed by atoms with van der Waals surface area (Å²) < 4.78 is 0. The second-order valence-corrected chi connectivity index (χ2v) is 7.88. The second kappa shape index (κ2) is 11.6. The Bertz CT molecular complexity index is 866. The molecule has 1 amide bonds. The molecule has 0 atom stereocenters. The third-order valence-electron chi connectivity index (χ3n) is 5.32. The lowest BCUT2D eigenvalue weighted by molar-refractivity contribution is 0.0963. The molecule has 2 aromatic rings. The normalized spacial score (nSPS) is 14.4. The van der Waals surface area contributed by atoms with Gasteiger partial charge >= 0.3 is 0 Å². The van der Waals surface area contributed by atoms with E-state index in [2.05, 4.69) is 35.0 Å². The van der Waals surface area contributed by atoms with Crippen molar-refractivity contribution >= 4 is 47.4 Å². The van der Waals surface area contributed by atoms with Crippen molar-refractivity contribution in [2.24, 2.45) is 4.99 Å². The maximum absolute atomic E-state index is 11.8. The van der Waals surface area contributed by atoms with Crippen LogP contribution in [0.1, 0.15) is 41.3 Å². The van der Waals surface area contributed by atoms with Crippen molar-refractivity contribution in [2.45, 2.75) is 31.6 Å². The van der Waals surface area contributed by atoms with Gasteiger partial charge in [-0.3, -0.25) is 9.79 Å². The zero-order chi connectivity index (χ0) is 20.7. The number of aliphatic imine (C=N–C) groups is 1. The third-order valence-corrected chi connectivity index (χ3v) is 5.57. The van der Waals surface area contributed by atoms with Gasteiger partial charge in [-0.15, -0.1) is 24.0 Å². The van der Waals surface area contributed by atoms with Gasteiger partial charge in [0.25, 0.3) is 5.91 Å². The SMILES string of the molecule is CCNC(=NCC1(c2ccc(Cl)cc2)CC1)NCCc1cccc(C(=O)NC)c1.I. The van der Waals surface area contributed by atoms with Crippen LogP contribution in [0.3, 0.4) is 0 Å². The molecule has 30 heavy (non-hydrogen) atoms. The molecule has 0 aliphatic heterocycles. The fourth-order valence-corrected chi connectivity index (χ4v) is 3.53. The first kappa shape index (κ1) is 24.5. The van der Waals surface area contributed by atoms with Crippen LogP contribution >= 0.6 is 35.6 Å². The molecule has 162 valence electrons. The van der Waals surface area contributed by atoms with Gasteiger partial charge in [-0.25, -0.2) is 0 Å². The first-order valence-corrected chi connectivity index (χ1v) is 10.5. The summed E-state index contributed by atoms with van der Waals surface area (Å²) in [4.78, 5) is 16.6. The molecule has 0 saturated heterocycles. The molecule has 0 bridgehead atoms. The van der Waals surface area contributed by atoms with Crippen molar-refractivity contribution in [3.05, 3.63) is 70.2 Å². The highest BCUT2D eigenvalue weighted by atomic mass is 127. The molecule has 3 N–H and O–H groups in total. The summed E-state index contributed by atoms with van der Waals surface area (Å²) in [5.74, 6) is 0.766. The molecule has 5 nitrogen and oxygen atoms in total. The van der Waals surface area contributed by atoms with E-state index in [1.807, 2.05) is 36.4 Å². The molecule has 0 aromatic heterocycles. The Morgan fingerprint density at radius 1 is 1.13 bits per heavy atom. The van der Waals surface area contributed by atoms with Gasteiger partial charge in [0.2, 0.25) is 0 Å². The van der Waals surface area contributed by atoms with Crippen LogP contribution in [0.15, 0.2) is 53.5 Å². The highest BCUT2D eigenvalue weighted by Crippen LogP contribution is 2.48. The molecule has 1 fully saturated rings. The van der Waals surface area contributed by atoms with Crippen LogP contribution in [-0.2, 0) is 11.8 Å². The Morgan fingerprint density at radius 3 is 2.50 bits per heavy atom. The van der Waals surface area contributed by atoms with Crippen LogP contribution in [-0.4, -0.2) is 38.5 Å². The van der Waals surface area contributed by atoms with Gasteiger partial charge in [-0.05, 0) is 61.6 Å². The summed E-state index contributed by atoms with van der Waals surface area (Å²) in [6, 6.07) is 15.9. The summed E-state index contributed by atoms with van der Waals surface area (Å²) in [5, 5.41) is 10.2. The Labute approximate surface area is 201 Å². The minimum atomic E-state index is -0.0633. The van der Waals surface area contributed by atoms with Gasteiger partial charge in [-0.1, -0.05) is 35.9 Å². The molecule has 1 saturated carbocycles. The van der Waals surface area contributed by atoms with Gasteiger partial charge in [0.15, 0.2) is 5.96 Å². The number of nitrogens with one attached hydrogen (secondary N) is 3. The van der Waals surface area contributed by atoms with Crippen molar-refractivity contribution < 1.29 is 4.79 Å². The number of benzene rings is 2. The minimum Gasteiger partial charge on any atom is -0.357 e. The van der Waals surface area contributed by atoms with E-state index >= 15 is 0 Å². The Balaban J connectivity index is 0.00000320. The van der Waals surface area contributed by atoms with Crippen LogP contribution in [0.4, 0.5) is 0 Å². The molecule has 0 radical (unpaired) electrons. The first-order chi connectivity index (χ1) is 14.1. The fraction of sp³-hybridized carbons (Fsp3) is 0.391. The number of halogens is 2. The largest absolute Gasteiger partial charge is 0.357 e. The lowest BCUT2D eigenvalue weighted by atomic mass is 9.96. The van der Waals surface area contributed by atoms with Crippen LogP contribution in [0.25, 0.3) is 0 Å². The number of carbonyl (C=O) groups is 1. The third kappa shape index (κ3) is 6.60. The summed E-state index contributed by atoms with van der Waals surface area (Å²) in [6.07, 6.45) is 3.13. The van der Waals surface area contributed by atoms with E-state index in [1.165, 1.54) is 5.56 Å². The van der Waals surface area contributed by atoms with Crippen LogP contribution < -0.4 is 16.0 Å². The highest BCUT2D eigenvalue weighted by Gasteiger charge is 2.44. The summed E-state index contributed by atoms with van der Waals surface area (Å²) in [5.41, 5.74) is 3.26. The number of hydrogen-bond acceptors (Lipinski definition) is 2. The van der Waals surface area contributed by atoms with Crippen LogP contribution in [0.5, 0.6) is 0 Å². The maximum Gasteiger partial charge on any atom is 0.251 e. The molecule has 1 aliphatic carbocycles. The van der Waals surface area contributed by atoms with Gasteiger partial charge in [-0.2, -0.15) is 0 Å². The summed E-state index contributed by atoms with van der Waals surface area (Å²) >= 11 is 6.02. The van der Waals surface area contributed by atoms with Crippen molar-refractivity contribution in [2.75, 3.05) is 26.7 Å². The van der Waals surface area contributed by atoms with E-state index in [1.54, 1.807) is 7.05 Å². The van der Waals surface area contributed by atoms with Crippen molar-refractivity contribution in [3.8, 4) is 0 Å². The minimum absolute atomic E-state index is 0. The zero-order valence-corrected chi connectivity index (χ0v) is 20.6. The van der Waals surface area contributed by atoms with Gasteiger partial charge < -0.3 is 16.0 Å². The molecule has 3 rings (SSSR count). The summed E-state index contributed by atoms with van der Waals surface area (Å²) in [7, 11) is 1.65. The van der Waals surface area contributed by atoms with Gasteiger partial charge in [0, 0.05) is 36.1 Å². The van der Waals surface area contributed by atoms with Crippen molar-refractivity contribution in [3.63, 3.8) is 0 Å². The predicted octanol–water partition coefficient (Wildman–Crippen LogP) is 4.15. The molecule has 7 heteroatoms. The Morgan fingerprint density at radius 2 is 1.87 bits per heavy atom. The molecule has 1 aliphatic rings. The van der Waals surface area contributed by atoms with E-state index in [9.17, 15) is 4.79 Å². The lowest BCUT2D eigenvalue weighted by Crippen LogP contribution is -2.39. The molecular weight excluding hydrogens is 511 g/mol. The molecule has 0 spiro atoms. The predicted molar refractivity (Wildman–Crippen MR) is 135 cm³/mol. The van der Waals surface area contributed by atoms with E-state index < -0.39 is 0 Å². The van der Waals surface area contributed by atoms with Crippen LogP contribution in [0, 0.1) is 0 Å². The van der Waals surface area contributed by atoms with Gasteiger partial charge in [0.1, 0.15) is 0 Å². The number of nitrogens with zero attached hydrogens (tertiary/aromatic N) is 1. The first-order valence-electron chi connectivity index (χ1n) is 10.2. The summed E-state index contributed by atoms with van der Waals surface area (Å²) in [6.45, 7) is 4.38. The van der Waals surface area contributed by atoms with E-state index in [0.29, 0.717) is 5.56 Å². The monoisotopic (exact) mass is 540 g/mol. The molecule has 0 heterocycles. The maximum atomic E-state index is 11.8. The Hall–Kier alpha value is -1.80. The number of guanidine groups is 1. The van der Waals surface area contributed by atoms with Gasteiger partial charge in [0.05, 0.1) is 6.54 Å². The topological polar surface area (TPSA) is 65.5 Å². The zero-order valence-electron chi connectivity index (χ0n) is 17.5. The number of rotatable bonds is 8. The van der Waals surface area contributed by atoms with Crippen LogP contribution in [0.2, 0.25) is 5.02 Å². The van der Waals surface area contributed by atoms with E-state index in [4.69, 9.17) is 16.6 Å². The van der Waals surface area contributed by atoms with E-state index in [0.717, 1.165) is 55.4 Å². The van der Waals surface area contributed by atoms with E-state index in [-0.39, 0.29) is 35.3 Å². The van der Waals surface area contributed by atoms with Crippen molar-refractivity contribution in [1.29, 1.82) is 0 Å². The fourth-order valence-electron chi connectivity index (χ4n) is 3.40.